The number of hydrogen-bond donors (Lipinski definition) is 4. The van der Waals surface area contributed by atoms with Crippen molar-refractivity contribution < 1.29 is 29.3 Å². The zero-order valence-corrected chi connectivity index (χ0v) is 8.50. The third-order valence-electron chi connectivity index (χ3n) is 1.93. The Morgan fingerprint density at radius 1 is 1.12 bits per heavy atom. The molecule has 1 amide bonds. The number of rotatable bonds is 4. The quantitative estimate of drug-likeness (QED) is 0.574. The van der Waals surface area contributed by atoms with Crippen LogP contribution in [0.1, 0.15) is 0 Å². The van der Waals surface area contributed by atoms with E-state index in [0.717, 1.165) is 12.1 Å². The van der Waals surface area contributed by atoms with E-state index in [1.807, 2.05) is 0 Å². The summed E-state index contributed by atoms with van der Waals surface area (Å²) in [5, 5.41) is 28.6. The van der Waals surface area contributed by atoms with Gasteiger partial charge < -0.3 is 20.6 Å². The van der Waals surface area contributed by atoms with Crippen molar-refractivity contribution in [2.75, 3.05) is 5.32 Å². The van der Waals surface area contributed by atoms with E-state index in [-0.39, 0.29) is 5.69 Å². The molecule has 92 valence electrons. The summed E-state index contributed by atoms with van der Waals surface area (Å²) in [6, 6.07) is 4.62. The molecule has 2 unspecified atom stereocenters. The fraction of sp³-hybridized carbons (Fsp3) is 0.200. The number of halogens is 1. The lowest BCUT2D eigenvalue weighted by atomic mass is 10.2. The molecule has 0 bridgehead atoms. The maximum Gasteiger partial charge on any atom is 0.335 e. The summed E-state index contributed by atoms with van der Waals surface area (Å²) >= 11 is 0. The summed E-state index contributed by atoms with van der Waals surface area (Å²) in [6.07, 6.45) is -4.31. The van der Waals surface area contributed by atoms with E-state index in [1.54, 1.807) is 0 Å². The molecule has 0 spiro atoms. The van der Waals surface area contributed by atoms with Crippen LogP contribution in [0.4, 0.5) is 10.1 Å². The van der Waals surface area contributed by atoms with Gasteiger partial charge in [0.2, 0.25) is 0 Å². The first-order chi connectivity index (χ1) is 7.91. The van der Waals surface area contributed by atoms with E-state index < -0.39 is 29.9 Å². The number of aliphatic hydroxyl groups is 2. The molecule has 0 radical (unpaired) electrons. The molecule has 0 aromatic heterocycles. The van der Waals surface area contributed by atoms with Gasteiger partial charge in [0.15, 0.2) is 12.2 Å². The van der Waals surface area contributed by atoms with Gasteiger partial charge in [-0.2, -0.15) is 0 Å². The highest BCUT2D eigenvalue weighted by Gasteiger charge is 2.29. The normalized spacial score (nSPS) is 13.8. The average Bonchev–Trinajstić information content (AvgIpc) is 2.30. The van der Waals surface area contributed by atoms with Crippen LogP contribution < -0.4 is 5.32 Å². The SMILES string of the molecule is O=C(O)C(O)C(O)C(=O)Nc1ccc(F)cc1. The lowest BCUT2D eigenvalue weighted by molar-refractivity contribution is -0.156. The molecule has 17 heavy (non-hydrogen) atoms. The Bertz CT molecular complexity index is 419. The van der Waals surface area contributed by atoms with Crippen LogP contribution in [0, 0.1) is 5.82 Å². The fourth-order valence-corrected chi connectivity index (χ4v) is 1.03. The molecule has 0 saturated carbocycles. The van der Waals surface area contributed by atoms with E-state index >= 15 is 0 Å². The number of aliphatic carboxylic acids is 1. The Labute approximate surface area is 95.3 Å². The fourth-order valence-electron chi connectivity index (χ4n) is 1.03. The third-order valence-corrected chi connectivity index (χ3v) is 1.93. The second-order valence-corrected chi connectivity index (χ2v) is 3.22. The molecule has 7 heteroatoms. The van der Waals surface area contributed by atoms with E-state index in [9.17, 15) is 14.0 Å². The second kappa shape index (κ2) is 5.37. The van der Waals surface area contributed by atoms with Crippen LogP contribution in [0.15, 0.2) is 24.3 Å². The van der Waals surface area contributed by atoms with Gasteiger partial charge in [0.1, 0.15) is 5.82 Å². The second-order valence-electron chi connectivity index (χ2n) is 3.22. The van der Waals surface area contributed by atoms with E-state index in [1.165, 1.54) is 12.1 Å². The Kier molecular flexibility index (Phi) is 4.13. The minimum absolute atomic E-state index is 0.174. The van der Waals surface area contributed by atoms with Crippen molar-refractivity contribution in [1.29, 1.82) is 0 Å². The van der Waals surface area contributed by atoms with Crippen LogP contribution in [0.5, 0.6) is 0 Å². The molecule has 4 N–H and O–H groups in total. The van der Waals surface area contributed by atoms with Gasteiger partial charge in [-0.25, -0.2) is 9.18 Å². The van der Waals surface area contributed by atoms with Crippen molar-refractivity contribution >= 4 is 17.6 Å². The van der Waals surface area contributed by atoms with Gasteiger partial charge in [-0.1, -0.05) is 0 Å². The van der Waals surface area contributed by atoms with Crippen molar-refractivity contribution in [3.8, 4) is 0 Å². The van der Waals surface area contributed by atoms with Gasteiger partial charge in [0.25, 0.3) is 5.91 Å². The van der Waals surface area contributed by atoms with Crippen LogP contribution in [0.2, 0.25) is 0 Å². The molecule has 1 aromatic rings. The van der Waals surface area contributed by atoms with Gasteiger partial charge in [0, 0.05) is 5.69 Å². The highest BCUT2D eigenvalue weighted by molar-refractivity contribution is 5.97. The lowest BCUT2D eigenvalue weighted by Gasteiger charge is -2.13. The first-order valence-corrected chi connectivity index (χ1v) is 4.57. The minimum Gasteiger partial charge on any atom is -0.479 e. The zero-order chi connectivity index (χ0) is 13.0. The van der Waals surface area contributed by atoms with Crippen molar-refractivity contribution in [1.82, 2.24) is 0 Å². The van der Waals surface area contributed by atoms with Gasteiger partial charge in [-0.15, -0.1) is 0 Å². The number of anilines is 1. The maximum absolute atomic E-state index is 12.5. The molecule has 2 atom stereocenters. The molecular formula is C10H10FNO5. The van der Waals surface area contributed by atoms with Crippen LogP contribution >= 0.6 is 0 Å². The van der Waals surface area contributed by atoms with Crippen LogP contribution in [-0.2, 0) is 9.59 Å². The van der Waals surface area contributed by atoms with E-state index in [2.05, 4.69) is 5.32 Å². The number of hydrogen-bond acceptors (Lipinski definition) is 4. The number of carbonyl (C=O) groups is 2. The van der Waals surface area contributed by atoms with Crippen LogP contribution in [0.25, 0.3) is 0 Å². The largest absolute Gasteiger partial charge is 0.479 e. The van der Waals surface area contributed by atoms with Gasteiger partial charge in [0.05, 0.1) is 0 Å². The summed E-state index contributed by atoms with van der Waals surface area (Å²) < 4.78 is 12.5. The molecule has 0 saturated heterocycles. The maximum atomic E-state index is 12.5. The summed E-state index contributed by atoms with van der Waals surface area (Å²) in [6.45, 7) is 0. The first kappa shape index (κ1) is 13.1. The Morgan fingerprint density at radius 3 is 2.12 bits per heavy atom. The summed E-state index contributed by atoms with van der Waals surface area (Å²) in [5.41, 5.74) is 0.174. The molecule has 0 aliphatic heterocycles. The minimum atomic E-state index is -2.21. The summed E-state index contributed by atoms with van der Waals surface area (Å²) in [7, 11) is 0. The number of carboxylic acid groups (broad SMARTS) is 1. The number of carboxylic acids is 1. The van der Waals surface area contributed by atoms with Crippen molar-refractivity contribution in [2.24, 2.45) is 0 Å². The standard InChI is InChI=1S/C10H10FNO5/c11-5-1-3-6(4-2-5)12-9(15)7(13)8(14)10(16)17/h1-4,7-8,13-14H,(H,12,15)(H,16,17). The first-order valence-electron chi connectivity index (χ1n) is 4.57. The molecular weight excluding hydrogens is 233 g/mol. The number of nitrogens with one attached hydrogen (secondary N) is 1. The van der Waals surface area contributed by atoms with Crippen molar-refractivity contribution in [3.63, 3.8) is 0 Å². The predicted octanol–water partition coefficient (Wildman–Crippen LogP) is -0.429. The molecule has 0 fully saturated rings. The molecule has 0 heterocycles. The highest BCUT2D eigenvalue weighted by atomic mass is 19.1. The number of carbonyl (C=O) groups excluding carboxylic acids is 1. The summed E-state index contributed by atoms with van der Waals surface area (Å²) in [5.74, 6) is -3.31. The van der Waals surface area contributed by atoms with Gasteiger partial charge >= 0.3 is 5.97 Å². The molecule has 1 rings (SSSR count). The van der Waals surface area contributed by atoms with Gasteiger partial charge in [-0.3, -0.25) is 4.79 Å². The van der Waals surface area contributed by atoms with Crippen LogP contribution in [-0.4, -0.2) is 39.4 Å². The highest BCUT2D eigenvalue weighted by Crippen LogP contribution is 2.09. The molecule has 0 aliphatic rings. The van der Waals surface area contributed by atoms with Gasteiger partial charge in [-0.05, 0) is 24.3 Å². The summed E-state index contributed by atoms with van der Waals surface area (Å²) in [4.78, 5) is 21.6. The van der Waals surface area contributed by atoms with E-state index in [4.69, 9.17) is 15.3 Å². The number of aliphatic hydroxyl groups excluding tert-OH is 2. The zero-order valence-electron chi connectivity index (χ0n) is 8.50. The van der Waals surface area contributed by atoms with Crippen LogP contribution in [0.3, 0.4) is 0 Å². The van der Waals surface area contributed by atoms with E-state index in [0.29, 0.717) is 0 Å². The smallest absolute Gasteiger partial charge is 0.335 e. The predicted molar refractivity (Wildman–Crippen MR) is 54.7 cm³/mol. The Hall–Kier alpha value is -1.99. The number of amides is 1. The molecule has 6 nitrogen and oxygen atoms in total. The van der Waals surface area contributed by atoms with Crippen molar-refractivity contribution in [2.45, 2.75) is 12.2 Å². The lowest BCUT2D eigenvalue weighted by Crippen LogP contribution is -2.42. The van der Waals surface area contributed by atoms with Crippen molar-refractivity contribution in [3.05, 3.63) is 30.1 Å². The molecule has 1 aromatic carbocycles. The Balaban J connectivity index is 2.66. The molecule has 0 aliphatic carbocycles. The third kappa shape index (κ3) is 3.51. The average molecular weight is 243 g/mol. The number of benzene rings is 1. The monoisotopic (exact) mass is 243 g/mol. The Morgan fingerprint density at radius 2 is 1.65 bits per heavy atom. The topological polar surface area (TPSA) is 107 Å².